The predicted octanol–water partition coefficient (Wildman–Crippen LogP) is 3.81. The second kappa shape index (κ2) is 8.85. The average molecular weight is 463 g/mol. The van der Waals surface area contributed by atoms with Gasteiger partial charge >= 0.3 is 6.18 Å². The Labute approximate surface area is 186 Å². The van der Waals surface area contributed by atoms with Crippen LogP contribution >= 0.6 is 11.8 Å². The van der Waals surface area contributed by atoms with E-state index in [1.165, 1.54) is 17.1 Å². The van der Waals surface area contributed by atoms with E-state index >= 15 is 0 Å². The highest BCUT2D eigenvalue weighted by atomic mass is 32.2. The van der Waals surface area contributed by atoms with E-state index in [9.17, 15) is 18.0 Å². The van der Waals surface area contributed by atoms with Crippen molar-refractivity contribution < 1.29 is 18.0 Å². The molecule has 0 spiro atoms. The number of pyridine rings is 1. The van der Waals surface area contributed by atoms with Crippen LogP contribution in [0.4, 0.5) is 13.2 Å². The summed E-state index contributed by atoms with van der Waals surface area (Å²) in [5.74, 6) is 0.491. The third-order valence-corrected chi connectivity index (χ3v) is 5.75. The molecule has 0 aromatic carbocycles. The van der Waals surface area contributed by atoms with E-state index in [4.69, 9.17) is 0 Å². The summed E-state index contributed by atoms with van der Waals surface area (Å²) >= 11 is 1.05. The van der Waals surface area contributed by atoms with E-state index in [2.05, 4.69) is 25.0 Å². The molecule has 0 radical (unpaired) electrons. The lowest BCUT2D eigenvalue weighted by Crippen LogP contribution is -2.37. The first-order chi connectivity index (χ1) is 15.3. The molecule has 4 rings (SSSR count). The SMILES string of the molecule is CSc1cc(C(=O)N(CC2CC2)C(C)c2ncnn2-c2ncccn2)cc(C(F)(F)F)n1. The fourth-order valence-electron chi connectivity index (χ4n) is 3.27. The lowest BCUT2D eigenvalue weighted by atomic mass is 10.1. The van der Waals surface area contributed by atoms with Crippen molar-refractivity contribution in [2.45, 2.75) is 37.0 Å². The second-order valence-electron chi connectivity index (χ2n) is 7.44. The first kappa shape index (κ1) is 22.2. The molecular weight excluding hydrogens is 443 g/mol. The lowest BCUT2D eigenvalue weighted by Gasteiger charge is -2.29. The molecular formula is C20H20F3N7OS. The van der Waals surface area contributed by atoms with Crippen molar-refractivity contribution in [1.82, 2.24) is 34.6 Å². The van der Waals surface area contributed by atoms with Crippen molar-refractivity contribution in [3.63, 3.8) is 0 Å². The van der Waals surface area contributed by atoms with Gasteiger partial charge in [-0.2, -0.15) is 23.0 Å². The maximum absolute atomic E-state index is 13.5. The van der Waals surface area contributed by atoms with Crippen LogP contribution in [0.1, 0.15) is 47.7 Å². The zero-order valence-corrected chi connectivity index (χ0v) is 18.1. The van der Waals surface area contributed by atoms with E-state index in [1.54, 1.807) is 36.5 Å². The number of hydrogen-bond donors (Lipinski definition) is 0. The van der Waals surface area contributed by atoms with Gasteiger partial charge in [0.1, 0.15) is 12.0 Å². The Morgan fingerprint density at radius 1 is 1.25 bits per heavy atom. The monoisotopic (exact) mass is 463 g/mol. The largest absolute Gasteiger partial charge is 0.433 e. The highest BCUT2D eigenvalue weighted by Crippen LogP contribution is 2.35. The molecule has 1 saturated carbocycles. The third kappa shape index (κ3) is 4.74. The summed E-state index contributed by atoms with van der Waals surface area (Å²) in [5, 5.41) is 4.30. The number of hydrogen-bond acceptors (Lipinski definition) is 7. The Balaban J connectivity index is 1.71. The number of amides is 1. The number of alkyl halides is 3. The first-order valence-electron chi connectivity index (χ1n) is 9.89. The van der Waals surface area contributed by atoms with Gasteiger partial charge in [0.15, 0.2) is 5.82 Å². The van der Waals surface area contributed by atoms with Gasteiger partial charge in [-0.1, -0.05) is 0 Å². The van der Waals surface area contributed by atoms with Crippen LogP contribution in [0.25, 0.3) is 5.95 Å². The van der Waals surface area contributed by atoms with E-state index in [0.717, 1.165) is 30.7 Å². The summed E-state index contributed by atoms with van der Waals surface area (Å²) in [5.41, 5.74) is -1.15. The molecule has 1 aliphatic rings. The summed E-state index contributed by atoms with van der Waals surface area (Å²) < 4.78 is 41.5. The standard InChI is InChI=1S/C20H20F3N7OS/c1-12(17-26-11-27-30(17)19-24-6-3-7-25-19)29(10-13-4-5-13)18(31)14-8-15(20(21,22)23)28-16(9-14)32-2/h3,6-9,11-13H,4-5,10H2,1-2H3. The molecule has 3 heterocycles. The minimum absolute atomic E-state index is 0.0637. The Kier molecular flexibility index (Phi) is 6.13. The highest BCUT2D eigenvalue weighted by Gasteiger charge is 2.36. The van der Waals surface area contributed by atoms with Crippen molar-refractivity contribution in [2.24, 2.45) is 5.92 Å². The van der Waals surface area contributed by atoms with Gasteiger partial charge < -0.3 is 4.90 Å². The Hall–Kier alpha value is -3.02. The van der Waals surface area contributed by atoms with E-state index < -0.39 is 23.8 Å². The maximum atomic E-state index is 13.5. The molecule has 168 valence electrons. The number of carbonyl (C=O) groups is 1. The molecule has 3 aromatic heterocycles. The molecule has 1 unspecified atom stereocenters. The molecule has 1 amide bonds. The molecule has 32 heavy (non-hydrogen) atoms. The van der Waals surface area contributed by atoms with E-state index in [0.29, 0.717) is 24.2 Å². The summed E-state index contributed by atoms with van der Waals surface area (Å²) in [6.45, 7) is 2.17. The fourth-order valence-corrected chi connectivity index (χ4v) is 3.70. The molecule has 3 aromatic rings. The van der Waals surface area contributed by atoms with Crippen LogP contribution in [0.3, 0.4) is 0 Å². The molecule has 8 nitrogen and oxygen atoms in total. The molecule has 1 atom stereocenters. The Bertz CT molecular complexity index is 1100. The second-order valence-corrected chi connectivity index (χ2v) is 8.26. The smallest absolute Gasteiger partial charge is 0.328 e. The number of aromatic nitrogens is 6. The average Bonchev–Trinajstić information content (AvgIpc) is 3.48. The quantitative estimate of drug-likeness (QED) is 0.492. The zero-order chi connectivity index (χ0) is 22.9. The van der Waals surface area contributed by atoms with Gasteiger partial charge in [-0.3, -0.25) is 4.79 Å². The summed E-state index contributed by atoms with van der Waals surface area (Å²) in [6.07, 6.45) is 3.34. The number of carbonyl (C=O) groups excluding carboxylic acids is 1. The van der Waals surface area contributed by atoms with Crippen molar-refractivity contribution >= 4 is 17.7 Å². The van der Waals surface area contributed by atoms with Crippen LogP contribution in [0.15, 0.2) is 41.9 Å². The molecule has 0 N–H and O–H groups in total. The number of thioether (sulfide) groups is 1. The van der Waals surface area contributed by atoms with Crippen LogP contribution in [-0.4, -0.2) is 53.3 Å². The van der Waals surface area contributed by atoms with Gasteiger partial charge in [-0.15, -0.1) is 11.8 Å². The van der Waals surface area contributed by atoms with E-state index in [-0.39, 0.29) is 10.6 Å². The molecule has 0 aliphatic heterocycles. The van der Waals surface area contributed by atoms with Gasteiger partial charge in [0.25, 0.3) is 11.9 Å². The Morgan fingerprint density at radius 3 is 2.59 bits per heavy atom. The van der Waals surface area contributed by atoms with Gasteiger partial charge in [-0.05, 0) is 50.1 Å². The normalized spacial score (nSPS) is 14.9. The molecule has 1 fully saturated rings. The van der Waals surface area contributed by atoms with Crippen LogP contribution in [0.2, 0.25) is 0 Å². The summed E-state index contributed by atoms with van der Waals surface area (Å²) in [7, 11) is 0. The predicted molar refractivity (Wildman–Crippen MR) is 110 cm³/mol. The van der Waals surface area contributed by atoms with E-state index in [1.807, 2.05) is 0 Å². The number of rotatable bonds is 7. The highest BCUT2D eigenvalue weighted by molar-refractivity contribution is 7.98. The lowest BCUT2D eigenvalue weighted by molar-refractivity contribution is -0.141. The van der Waals surface area contributed by atoms with Crippen molar-refractivity contribution in [3.8, 4) is 5.95 Å². The fraction of sp³-hybridized carbons (Fsp3) is 0.400. The van der Waals surface area contributed by atoms with Crippen molar-refractivity contribution in [1.29, 1.82) is 0 Å². The topological polar surface area (TPSA) is 89.7 Å². The Morgan fingerprint density at radius 2 is 1.97 bits per heavy atom. The summed E-state index contributed by atoms with van der Waals surface area (Å²) in [4.78, 5) is 31.3. The van der Waals surface area contributed by atoms with Crippen LogP contribution < -0.4 is 0 Å². The summed E-state index contributed by atoms with van der Waals surface area (Å²) in [6, 6.07) is 3.28. The van der Waals surface area contributed by atoms with Crippen molar-refractivity contribution in [2.75, 3.05) is 12.8 Å². The third-order valence-electron chi connectivity index (χ3n) is 5.12. The first-order valence-corrected chi connectivity index (χ1v) is 11.1. The van der Waals surface area contributed by atoms with Crippen molar-refractivity contribution in [3.05, 3.63) is 54.0 Å². The molecule has 1 aliphatic carbocycles. The van der Waals surface area contributed by atoms with Gasteiger partial charge in [0, 0.05) is 24.5 Å². The van der Waals surface area contributed by atoms with Gasteiger partial charge in [0.2, 0.25) is 0 Å². The van der Waals surface area contributed by atoms with Gasteiger partial charge in [0.05, 0.1) is 11.1 Å². The molecule has 12 heteroatoms. The minimum Gasteiger partial charge on any atom is -0.328 e. The molecule has 0 bridgehead atoms. The van der Waals surface area contributed by atoms with Crippen LogP contribution in [0.5, 0.6) is 0 Å². The maximum Gasteiger partial charge on any atom is 0.433 e. The van der Waals surface area contributed by atoms with Crippen LogP contribution in [-0.2, 0) is 6.18 Å². The minimum atomic E-state index is -4.65. The number of halogens is 3. The number of nitrogens with zero attached hydrogens (tertiary/aromatic N) is 7. The zero-order valence-electron chi connectivity index (χ0n) is 17.3. The molecule has 0 saturated heterocycles. The van der Waals surface area contributed by atoms with Crippen LogP contribution in [0, 0.1) is 5.92 Å². The van der Waals surface area contributed by atoms with Gasteiger partial charge in [-0.25, -0.2) is 19.9 Å².